The zero-order valence-electron chi connectivity index (χ0n) is 8.89. The minimum atomic E-state index is 0. The van der Waals surface area contributed by atoms with E-state index >= 15 is 0 Å². The van der Waals surface area contributed by atoms with Gasteiger partial charge in [0.25, 0.3) is 0 Å². The van der Waals surface area contributed by atoms with E-state index in [0.29, 0.717) is 12.1 Å². The Morgan fingerprint density at radius 2 is 1.73 bits per heavy atom. The van der Waals surface area contributed by atoms with Gasteiger partial charge in [0, 0.05) is 19.6 Å². The van der Waals surface area contributed by atoms with Crippen LogP contribution in [0.1, 0.15) is 25.7 Å². The van der Waals surface area contributed by atoms with Crippen LogP contribution in [0.15, 0.2) is 0 Å². The number of carbonyl (C=O) groups is 1. The van der Waals surface area contributed by atoms with E-state index in [0.717, 1.165) is 12.5 Å². The zero-order chi connectivity index (χ0) is 9.00. The number of hydrogen-bond donors (Lipinski definition) is 0. The zero-order valence-corrected chi connectivity index (χ0v) is 10.5. The second-order valence-corrected chi connectivity index (χ2v) is 4.71. The lowest BCUT2D eigenvalue weighted by atomic mass is 10.2. The molecule has 3 nitrogen and oxygen atoms in total. The second-order valence-electron chi connectivity index (χ2n) is 4.71. The SMILES string of the molecule is CN1CC(C2CC2)N(C2CC2)C1=O.Cl.Cl. The van der Waals surface area contributed by atoms with E-state index in [9.17, 15) is 4.79 Å². The third kappa shape index (κ3) is 2.18. The van der Waals surface area contributed by atoms with Crippen LogP contribution in [0, 0.1) is 5.92 Å². The van der Waals surface area contributed by atoms with E-state index in [1.54, 1.807) is 0 Å². The van der Waals surface area contributed by atoms with Crippen LogP contribution in [0.25, 0.3) is 0 Å². The Hall–Kier alpha value is -0.150. The molecule has 0 N–H and O–H groups in total. The lowest BCUT2D eigenvalue weighted by molar-refractivity contribution is 0.184. The van der Waals surface area contributed by atoms with Crippen molar-refractivity contribution in [2.75, 3.05) is 13.6 Å². The van der Waals surface area contributed by atoms with Crippen LogP contribution in [0.4, 0.5) is 4.79 Å². The number of rotatable bonds is 2. The Labute approximate surface area is 103 Å². The van der Waals surface area contributed by atoms with Crippen LogP contribution >= 0.6 is 24.8 Å². The van der Waals surface area contributed by atoms with Gasteiger partial charge in [0.05, 0.1) is 6.04 Å². The minimum Gasteiger partial charge on any atom is -0.326 e. The molecule has 1 unspecified atom stereocenters. The summed E-state index contributed by atoms with van der Waals surface area (Å²) in [4.78, 5) is 15.8. The number of halogens is 2. The number of nitrogens with zero attached hydrogens (tertiary/aromatic N) is 2. The molecular formula is C10H18Cl2N2O. The largest absolute Gasteiger partial charge is 0.326 e. The van der Waals surface area contributed by atoms with Gasteiger partial charge in [-0.2, -0.15) is 0 Å². The molecule has 2 amide bonds. The molecular weight excluding hydrogens is 235 g/mol. The molecule has 0 aromatic carbocycles. The molecule has 0 aromatic rings. The third-order valence-electron chi connectivity index (χ3n) is 3.47. The molecule has 15 heavy (non-hydrogen) atoms. The molecule has 3 fully saturated rings. The van der Waals surface area contributed by atoms with Gasteiger partial charge in [0.15, 0.2) is 0 Å². The highest BCUT2D eigenvalue weighted by molar-refractivity contribution is 5.85. The van der Waals surface area contributed by atoms with Crippen LogP contribution in [0.3, 0.4) is 0 Å². The molecule has 5 heteroatoms. The van der Waals surface area contributed by atoms with Crippen LogP contribution in [0.5, 0.6) is 0 Å². The van der Waals surface area contributed by atoms with Crippen LogP contribution in [-0.2, 0) is 0 Å². The molecule has 1 aliphatic heterocycles. The predicted molar refractivity (Wildman–Crippen MR) is 63.9 cm³/mol. The van der Waals surface area contributed by atoms with E-state index in [-0.39, 0.29) is 30.8 Å². The number of carbonyl (C=O) groups excluding carboxylic acids is 1. The molecule has 1 atom stereocenters. The van der Waals surface area contributed by atoms with Crippen LogP contribution < -0.4 is 0 Å². The predicted octanol–water partition coefficient (Wildman–Crippen LogP) is 2.14. The molecule has 1 heterocycles. The number of likely N-dealkylation sites (N-methyl/N-ethyl adjacent to an activating group) is 1. The number of urea groups is 1. The first-order chi connectivity index (χ1) is 6.27. The molecule has 3 rings (SSSR count). The van der Waals surface area contributed by atoms with Crippen molar-refractivity contribution >= 4 is 30.8 Å². The van der Waals surface area contributed by atoms with Crippen LogP contribution in [-0.4, -0.2) is 41.5 Å². The number of amides is 2. The third-order valence-corrected chi connectivity index (χ3v) is 3.47. The smallest absolute Gasteiger partial charge is 0.320 e. The summed E-state index contributed by atoms with van der Waals surface area (Å²) in [6.45, 7) is 0.972. The molecule has 1 saturated heterocycles. The molecule has 2 aliphatic carbocycles. The molecule has 88 valence electrons. The lowest BCUT2D eigenvalue weighted by Crippen LogP contribution is -2.37. The summed E-state index contributed by atoms with van der Waals surface area (Å²) in [6, 6.07) is 1.44. The van der Waals surface area contributed by atoms with E-state index in [1.165, 1.54) is 25.7 Å². The van der Waals surface area contributed by atoms with Crippen molar-refractivity contribution in [2.24, 2.45) is 5.92 Å². The monoisotopic (exact) mass is 252 g/mol. The van der Waals surface area contributed by atoms with Crippen molar-refractivity contribution in [3.05, 3.63) is 0 Å². The van der Waals surface area contributed by atoms with Gasteiger partial charge >= 0.3 is 6.03 Å². The average molecular weight is 253 g/mol. The summed E-state index contributed by atoms with van der Waals surface area (Å²) in [5.41, 5.74) is 0. The van der Waals surface area contributed by atoms with Gasteiger partial charge in [-0.1, -0.05) is 0 Å². The molecule has 0 spiro atoms. The van der Waals surface area contributed by atoms with Crippen molar-refractivity contribution in [3.63, 3.8) is 0 Å². The first-order valence-electron chi connectivity index (χ1n) is 5.31. The van der Waals surface area contributed by atoms with Gasteiger partial charge in [-0.05, 0) is 31.6 Å². The molecule has 0 radical (unpaired) electrons. The summed E-state index contributed by atoms with van der Waals surface area (Å²) < 4.78 is 0. The Bertz CT molecular complexity index is 254. The lowest BCUT2D eigenvalue weighted by Gasteiger charge is -2.22. The normalized spacial score (nSPS) is 29.9. The maximum atomic E-state index is 11.8. The number of hydrogen-bond acceptors (Lipinski definition) is 1. The summed E-state index contributed by atoms with van der Waals surface area (Å²) in [5.74, 6) is 0.828. The summed E-state index contributed by atoms with van der Waals surface area (Å²) >= 11 is 0. The Kier molecular flexibility index (Phi) is 3.77. The van der Waals surface area contributed by atoms with E-state index in [4.69, 9.17) is 0 Å². The van der Waals surface area contributed by atoms with Crippen molar-refractivity contribution < 1.29 is 4.79 Å². The Morgan fingerprint density at radius 3 is 2.20 bits per heavy atom. The average Bonchev–Trinajstić information content (AvgIpc) is 2.98. The van der Waals surface area contributed by atoms with E-state index in [2.05, 4.69) is 4.90 Å². The highest BCUT2D eigenvalue weighted by atomic mass is 35.5. The van der Waals surface area contributed by atoms with Gasteiger partial charge in [-0.15, -0.1) is 24.8 Å². The fraction of sp³-hybridized carbons (Fsp3) is 0.900. The van der Waals surface area contributed by atoms with Crippen molar-refractivity contribution in [2.45, 2.75) is 37.8 Å². The van der Waals surface area contributed by atoms with Gasteiger partial charge in [-0.25, -0.2) is 4.79 Å². The van der Waals surface area contributed by atoms with Crippen molar-refractivity contribution in [3.8, 4) is 0 Å². The fourth-order valence-corrected chi connectivity index (χ4v) is 2.42. The Morgan fingerprint density at radius 1 is 1.13 bits per heavy atom. The van der Waals surface area contributed by atoms with Gasteiger partial charge < -0.3 is 9.80 Å². The Balaban J connectivity index is 0.000000562. The molecule has 0 aromatic heterocycles. The summed E-state index contributed by atoms with van der Waals surface area (Å²) in [6.07, 6.45) is 5.16. The summed E-state index contributed by atoms with van der Waals surface area (Å²) in [5, 5.41) is 0. The highest BCUT2D eigenvalue weighted by Crippen LogP contribution is 2.42. The second kappa shape index (κ2) is 4.38. The molecule has 3 aliphatic rings. The topological polar surface area (TPSA) is 23.6 Å². The van der Waals surface area contributed by atoms with Crippen LogP contribution in [0.2, 0.25) is 0 Å². The van der Waals surface area contributed by atoms with Gasteiger partial charge in [0.2, 0.25) is 0 Å². The maximum Gasteiger partial charge on any atom is 0.320 e. The minimum absolute atomic E-state index is 0. The quantitative estimate of drug-likeness (QED) is 0.739. The summed E-state index contributed by atoms with van der Waals surface area (Å²) in [7, 11) is 1.93. The molecule has 0 bridgehead atoms. The molecule has 2 saturated carbocycles. The maximum absolute atomic E-state index is 11.8. The van der Waals surface area contributed by atoms with E-state index < -0.39 is 0 Å². The first kappa shape index (κ1) is 12.9. The fourth-order valence-electron chi connectivity index (χ4n) is 2.42. The van der Waals surface area contributed by atoms with Crippen molar-refractivity contribution in [1.29, 1.82) is 0 Å². The highest BCUT2D eigenvalue weighted by Gasteiger charge is 2.49. The van der Waals surface area contributed by atoms with Gasteiger partial charge in [-0.3, -0.25) is 0 Å². The van der Waals surface area contributed by atoms with Crippen molar-refractivity contribution in [1.82, 2.24) is 9.80 Å². The standard InChI is InChI=1S/C10H16N2O.2ClH/c1-11-6-9(7-2-3-7)12(10(11)13)8-4-5-8;;/h7-9H,2-6H2,1H3;2*1H. The van der Waals surface area contributed by atoms with E-state index in [1.807, 2.05) is 11.9 Å². The van der Waals surface area contributed by atoms with Gasteiger partial charge in [0.1, 0.15) is 0 Å². The first-order valence-corrected chi connectivity index (χ1v) is 5.31.